The number of para-hydroxylation sites is 1. The molecule has 6 heteroatoms. The molecule has 0 radical (unpaired) electrons. The maximum Gasteiger partial charge on any atom is 0.276 e. The fourth-order valence-corrected chi connectivity index (χ4v) is 3.68. The summed E-state index contributed by atoms with van der Waals surface area (Å²) in [4.78, 5) is 16.5. The van der Waals surface area contributed by atoms with Crippen molar-refractivity contribution in [1.29, 1.82) is 0 Å². The average Bonchev–Trinajstić information content (AvgIpc) is 3.12. The van der Waals surface area contributed by atoms with Crippen LogP contribution in [0.3, 0.4) is 0 Å². The molecule has 1 amide bonds. The average molecular weight is 376 g/mol. The summed E-state index contributed by atoms with van der Waals surface area (Å²) in [6.07, 6.45) is 4.75. The predicted molar refractivity (Wildman–Crippen MR) is 107 cm³/mol. The molecule has 0 spiro atoms. The van der Waals surface area contributed by atoms with E-state index < -0.39 is 0 Å². The standard InChI is InChI=1S/C22H24N4O2/c1-28-20-12-10-17(11-13-20)18-7-5-6-14-25(16-18)22(27)21-15-23-26(24-21)19-8-3-2-4-9-19/h2-4,8-13,15,18H,5-7,14,16H2,1H3. The van der Waals surface area contributed by atoms with Gasteiger partial charge in [-0.25, -0.2) is 0 Å². The minimum absolute atomic E-state index is 0.0532. The van der Waals surface area contributed by atoms with Crippen molar-refractivity contribution in [3.8, 4) is 11.4 Å². The Balaban J connectivity index is 1.51. The van der Waals surface area contributed by atoms with Crippen molar-refractivity contribution < 1.29 is 9.53 Å². The fraction of sp³-hybridized carbons (Fsp3) is 0.318. The third-order valence-corrected chi connectivity index (χ3v) is 5.24. The Labute approximate surface area is 164 Å². The summed E-state index contributed by atoms with van der Waals surface area (Å²) in [5.74, 6) is 1.12. The zero-order chi connectivity index (χ0) is 19.3. The van der Waals surface area contributed by atoms with Crippen LogP contribution < -0.4 is 4.74 Å². The SMILES string of the molecule is COc1ccc(C2CCCCN(C(=O)c3cnn(-c4ccccc4)n3)C2)cc1. The van der Waals surface area contributed by atoms with Gasteiger partial charge in [-0.05, 0) is 42.7 Å². The van der Waals surface area contributed by atoms with Crippen molar-refractivity contribution >= 4 is 5.91 Å². The van der Waals surface area contributed by atoms with Gasteiger partial charge in [-0.1, -0.05) is 36.8 Å². The van der Waals surface area contributed by atoms with E-state index in [-0.39, 0.29) is 5.91 Å². The van der Waals surface area contributed by atoms with Gasteiger partial charge in [0.05, 0.1) is 19.0 Å². The molecule has 2 aromatic carbocycles. The van der Waals surface area contributed by atoms with Gasteiger partial charge in [-0.3, -0.25) is 4.79 Å². The molecule has 1 saturated heterocycles. The molecular weight excluding hydrogens is 352 g/mol. The number of amides is 1. The fourth-order valence-electron chi connectivity index (χ4n) is 3.68. The molecular formula is C22H24N4O2. The Bertz CT molecular complexity index is 921. The summed E-state index contributed by atoms with van der Waals surface area (Å²) in [7, 11) is 1.67. The first-order chi connectivity index (χ1) is 13.7. The summed E-state index contributed by atoms with van der Waals surface area (Å²) >= 11 is 0. The quantitative estimate of drug-likeness (QED) is 0.697. The maximum atomic E-state index is 13.1. The summed E-state index contributed by atoms with van der Waals surface area (Å²) in [5.41, 5.74) is 2.47. The van der Waals surface area contributed by atoms with Crippen molar-refractivity contribution in [2.45, 2.75) is 25.2 Å². The van der Waals surface area contributed by atoms with Gasteiger partial charge >= 0.3 is 0 Å². The highest BCUT2D eigenvalue weighted by Crippen LogP contribution is 2.28. The molecule has 28 heavy (non-hydrogen) atoms. The van der Waals surface area contributed by atoms with E-state index in [4.69, 9.17) is 4.74 Å². The number of benzene rings is 2. The van der Waals surface area contributed by atoms with E-state index in [0.29, 0.717) is 18.2 Å². The van der Waals surface area contributed by atoms with E-state index in [9.17, 15) is 4.79 Å². The summed E-state index contributed by atoms with van der Waals surface area (Å²) in [6, 6.07) is 17.8. The smallest absolute Gasteiger partial charge is 0.276 e. The van der Waals surface area contributed by atoms with Gasteiger partial charge in [0.2, 0.25) is 0 Å². The Morgan fingerprint density at radius 2 is 1.86 bits per heavy atom. The Hall–Kier alpha value is -3.15. The second-order valence-corrected chi connectivity index (χ2v) is 7.07. The van der Waals surface area contributed by atoms with Gasteiger partial charge in [0.1, 0.15) is 5.75 Å². The number of rotatable bonds is 4. The van der Waals surface area contributed by atoms with Crippen LogP contribution in [0.5, 0.6) is 5.75 Å². The third-order valence-electron chi connectivity index (χ3n) is 5.24. The van der Waals surface area contributed by atoms with Crippen molar-refractivity contribution in [3.63, 3.8) is 0 Å². The molecule has 4 rings (SSSR count). The van der Waals surface area contributed by atoms with Crippen LogP contribution >= 0.6 is 0 Å². The molecule has 0 bridgehead atoms. The van der Waals surface area contributed by atoms with Crippen LogP contribution in [-0.2, 0) is 0 Å². The number of carbonyl (C=O) groups excluding carboxylic acids is 1. The van der Waals surface area contributed by atoms with Crippen LogP contribution in [0.1, 0.15) is 41.2 Å². The number of methoxy groups -OCH3 is 1. The number of aromatic nitrogens is 3. The van der Waals surface area contributed by atoms with Crippen LogP contribution in [0.4, 0.5) is 0 Å². The van der Waals surface area contributed by atoms with Gasteiger partial charge in [0, 0.05) is 19.0 Å². The number of ether oxygens (including phenoxy) is 1. The van der Waals surface area contributed by atoms with E-state index in [1.54, 1.807) is 13.3 Å². The number of carbonyl (C=O) groups is 1. The first kappa shape index (κ1) is 18.2. The lowest BCUT2D eigenvalue weighted by atomic mass is 9.94. The molecule has 3 aromatic rings. The van der Waals surface area contributed by atoms with Gasteiger partial charge in [0.25, 0.3) is 5.91 Å². The topological polar surface area (TPSA) is 60.2 Å². The number of hydrogen-bond donors (Lipinski definition) is 0. The van der Waals surface area contributed by atoms with Gasteiger partial charge in [-0.2, -0.15) is 9.90 Å². The predicted octanol–water partition coefficient (Wildman–Crippen LogP) is 3.69. The Morgan fingerprint density at radius 1 is 1.07 bits per heavy atom. The lowest BCUT2D eigenvalue weighted by Crippen LogP contribution is -2.34. The van der Waals surface area contributed by atoms with Crippen molar-refractivity contribution in [2.24, 2.45) is 0 Å². The molecule has 1 unspecified atom stereocenters. The molecule has 1 aliphatic heterocycles. The van der Waals surface area contributed by atoms with E-state index in [0.717, 1.165) is 37.2 Å². The van der Waals surface area contributed by atoms with E-state index >= 15 is 0 Å². The van der Waals surface area contributed by atoms with Crippen molar-refractivity contribution in [1.82, 2.24) is 19.9 Å². The zero-order valence-electron chi connectivity index (χ0n) is 16.0. The third kappa shape index (κ3) is 3.91. The first-order valence-electron chi connectivity index (χ1n) is 9.65. The van der Waals surface area contributed by atoms with Crippen LogP contribution in [0.25, 0.3) is 5.69 Å². The monoisotopic (exact) mass is 376 g/mol. The highest BCUT2D eigenvalue weighted by molar-refractivity contribution is 5.92. The van der Waals surface area contributed by atoms with E-state index in [1.165, 1.54) is 10.4 Å². The van der Waals surface area contributed by atoms with Crippen LogP contribution in [0.15, 0.2) is 60.8 Å². The lowest BCUT2D eigenvalue weighted by Gasteiger charge is -2.24. The minimum Gasteiger partial charge on any atom is -0.497 e. The summed E-state index contributed by atoms with van der Waals surface area (Å²) < 4.78 is 5.26. The molecule has 144 valence electrons. The molecule has 1 fully saturated rings. The summed E-state index contributed by atoms with van der Waals surface area (Å²) in [6.45, 7) is 1.45. The molecule has 1 aromatic heterocycles. The number of likely N-dealkylation sites (tertiary alicyclic amines) is 1. The minimum atomic E-state index is -0.0532. The van der Waals surface area contributed by atoms with Crippen LogP contribution in [0.2, 0.25) is 0 Å². The lowest BCUT2D eigenvalue weighted by molar-refractivity contribution is 0.0748. The number of nitrogens with zero attached hydrogens (tertiary/aromatic N) is 4. The normalized spacial score (nSPS) is 17.2. The van der Waals surface area contributed by atoms with E-state index in [1.807, 2.05) is 47.4 Å². The Morgan fingerprint density at radius 3 is 2.61 bits per heavy atom. The van der Waals surface area contributed by atoms with Crippen molar-refractivity contribution in [3.05, 3.63) is 72.1 Å². The maximum absolute atomic E-state index is 13.1. The highest BCUT2D eigenvalue weighted by Gasteiger charge is 2.25. The molecule has 0 N–H and O–H groups in total. The first-order valence-corrected chi connectivity index (χ1v) is 9.65. The van der Waals surface area contributed by atoms with Gasteiger partial charge in [0.15, 0.2) is 5.69 Å². The van der Waals surface area contributed by atoms with Crippen LogP contribution in [-0.4, -0.2) is 46.0 Å². The molecule has 1 atom stereocenters. The largest absolute Gasteiger partial charge is 0.497 e. The number of hydrogen-bond acceptors (Lipinski definition) is 4. The highest BCUT2D eigenvalue weighted by atomic mass is 16.5. The Kier molecular flexibility index (Phi) is 5.37. The summed E-state index contributed by atoms with van der Waals surface area (Å²) in [5, 5.41) is 8.67. The molecule has 0 saturated carbocycles. The molecule has 1 aliphatic rings. The van der Waals surface area contributed by atoms with Crippen molar-refractivity contribution in [2.75, 3.05) is 20.2 Å². The second kappa shape index (κ2) is 8.25. The van der Waals surface area contributed by atoms with E-state index in [2.05, 4.69) is 22.3 Å². The molecule has 0 aliphatic carbocycles. The van der Waals surface area contributed by atoms with Gasteiger partial charge < -0.3 is 9.64 Å². The zero-order valence-corrected chi connectivity index (χ0v) is 16.0. The van der Waals surface area contributed by atoms with Gasteiger partial charge in [-0.15, -0.1) is 5.10 Å². The second-order valence-electron chi connectivity index (χ2n) is 7.07. The van der Waals surface area contributed by atoms with Crippen LogP contribution in [0, 0.1) is 0 Å². The molecule has 2 heterocycles. The molecule has 6 nitrogen and oxygen atoms in total.